The van der Waals surface area contributed by atoms with Crippen molar-refractivity contribution in [2.45, 2.75) is 26.3 Å². The van der Waals surface area contributed by atoms with Gasteiger partial charge in [0.2, 0.25) is 11.9 Å². The molecule has 0 radical (unpaired) electrons. The molecule has 0 bridgehead atoms. The van der Waals surface area contributed by atoms with E-state index in [4.69, 9.17) is 39.8 Å². The Morgan fingerprint density at radius 2 is 1.08 bits per heavy atom. The molecule has 0 spiro atoms. The van der Waals surface area contributed by atoms with Gasteiger partial charge >= 0.3 is 12.1 Å². The lowest BCUT2D eigenvalue weighted by Crippen LogP contribution is -2.52. The van der Waals surface area contributed by atoms with Crippen LogP contribution in [0.5, 0.6) is 0 Å². The van der Waals surface area contributed by atoms with Crippen molar-refractivity contribution < 1.29 is 9.59 Å². The Balaban J connectivity index is 0.000000369. The number of nitrogens with two attached hydrogens (primary N) is 1. The Labute approximate surface area is 222 Å². The second kappa shape index (κ2) is 13.0. The first-order valence-corrected chi connectivity index (χ1v) is 11.6. The van der Waals surface area contributed by atoms with Crippen molar-refractivity contribution in [3.05, 3.63) is 58.6 Å². The number of rotatable bonds is 2. The van der Waals surface area contributed by atoms with Crippen LogP contribution >= 0.6 is 23.2 Å². The van der Waals surface area contributed by atoms with Crippen LogP contribution in [0.2, 0.25) is 10.0 Å². The highest BCUT2D eigenvalue weighted by Crippen LogP contribution is 2.18. The molecule has 196 valence electrons. The van der Waals surface area contributed by atoms with Crippen LogP contribution in [0.4, 0.5) is 21.0 Å². The van der Waals surface area contributed by atoms with E-state index in [1.807, 2.05) is 20.8 Å². The number of urea groups is 2. The Morgan fingerprint density at radius 1 is 0.750 bits per heavy atom. The van der Waals surface area contributed by atoms with Crippen LogP contribution in [0, 0.1) is 10.8 Å². The number of nitrogens with one attached hydrogen (secondary N) is 3. The highest BCUT2D eigenvalue weighted by Gasteiger charge is 2.22. The van der Waals surface area contributed by atoms with Crippen molar-refractivity contribution in [3.63, 3.8) is 0 Å². The Kier molecular flexibility index (Phi) is 11.0. The second-order valence-electron chi connectivity index (χ2n) is 8.85. The highest BCUT2D eigenvalue weighted by molar-refractivity contribution is 6.31. The van der Waals surface area contributed by atoms with Gasteiger partial charge in [0.1, 0.15) is 0 Å². The van der Waals surface area contributed by atoms with Crippen LogP contribution in [0.1, 0.15) is 20.8 Å². The molecule has 10 nitrogen and oxygen atoms in total. The molecule has 0 fully saturated rings. The molecule has 0 atom stereocenters. The van der Waals surface area contributed by atoms with Crippen molar-refractivity contribution in [1.29, 1.82) is 10.8 Å². The molecule has 0 saturated heterocycles. The summed E-state index contributed by atoms with van der Waals surface area (Å²) < 4.78 is 0. The molecule has 5 N–H and O–H groups in total. The summed E-state index contributed by atoms with van der Waals surface area (Å²) in [5, 5.41) is 19.9. The van der Waals surface area contributed by atoms with Gasteiger partial charge in [-0.1, -0.05) is 23.2 Å². The molecule has 4 amide bonds. The first-order valence-electron chi connectivity index (χ1n) is 10.8. The monoisotopic (exact) mass is 536 g/mol. The van der Waals surface area contributed by atoms with E-state index in [1.165, 1.54) is 16.8 Å². The fourth-order valence-electron chi connectivity index (χ4n) is 2.63. The minimum absolute atomic E-state index is 0.00479. The van der Waals surface area contributed by atoms with Crippen molar-refractivity contribution in [2.24, 2.45) is 5.73 Å². The van der Waals surface area contributed by atoms with Crippen LogP contribution < -0.4 is 20.9 Å². The van der Waals surface area contributed by atoms with E-state index in [9.17, 15) is 9.59 Å². The van der Waals surface area contributed by atoms with Crippen molar-refractivity contribution in [1.82, 2.24) is 15.1 Å². The van der Waals surface area contributed by atoms with Gasteiger partial charge in [-0.2, -0.15) is 0 Å². The summed E-state index contributed by atoms with van der Waals surface area (Å²) in [6.45, 7) is 5.68. The smallest absolute Gasteiger partial charge is 0.324 e. The number of benzene rings is 2. The van der Waals surface area contributed by atoms with Crippen LogP contribution in [-0.2, 0) is 0 Å². The number of carbonyl (C=O) groups is 2. The summed E-state index contributed by atoms with van der Waals surface area (Å²) in [6, 6.07) is 13.0. The van der Waals surface area contributed by atoms with Gasteiger partial charge in [-0.3, -0.25) is 20.6 Å². The number of amides is 4. The first-order chi connectivity index (χ1) is 16.5. The second-order valence-corrected chi connectivity index (χ2v) is 9.73. The van der Waals surface area contributed by atoms with Crippen LogP contribution in [0.25, 0.3) is 0 Å². The van der Waals surface area contributed by atoms with Gasteiger partial charge in [-0.25, -0.2) is 9.59 Å². The lowest BCUT2D eigenvalue weighted by molar-refractivity contribution is 0.216. The Morgan fingerprint density at radius 3 is 1.39 bits per heavy atom. The van der Waals surface area contributed by atoms with E-state index in [1.54, 1.807) is 74.6 Å². The molecular weight excluding hydrogens is 503 g/mol. The number of hydrogen-bond donors (Lipinski definition) is 4. The predicted octanol–water partition coefficient (Wildman–Crippen LogP) is 4.87. The maximum Gasteiger partial charge on any atom is 0.324 e. The molecule has 2 aromatic rings. The van der Waals surface area contributed by atoms with Crippen LogP contribution in [0.3, 0.4) is 0 Å². The maximum absolute atomic E-state index is 12.0. The molecule has 0 aromatic heterocycles. The van der Waals surface area contributed by atoms with Gasteiger partial charge in [-0.05, 0) is 69.3 Å². The number of guanidine groups is 2. The van der Waals surface area contributed by atoms with E-state index in [0.29, 0.717) is 10.0 Å². The standard InChI is InChI=1S/C14H21ClN4O.C10H13ClN4O/c1-14(2,3)17-13(20)19(5)12(16)18(4)11-8-6-10(15)7-9-11;1-14(9(12)15(2)10(13)16)8-5-3-7(11)4-6-8/h6-9,16H,1-5H3,(H,17,20);3-6,12H,1-2H3,(H2,13,16). The number of nitrogens with zero attached hydrogens (tertiary/aromatic N) is 4. The van der Waals surface area contributed by atoms with Gasteiger partial charge < -0.3 is 20.9 Å². The van der Waals surface area contributed by atoms with E-state index < -0.39 is 6.03 Å². The fourth-order valence-corrected chi connectivity index (χ4v) is 2.88. The van der Waals surface area contributed by atoms with Gasteiger partial charge in [0, 0.05) is 55.1 Å². The molecule has 2 aromatic carbocycles. The number of anilines is 2. The third-order valence-electron chi connectivity index (χ3n) is 4.82. The molecule has 0 saturated carbocycles. The SMILES string of the molecule is CN(C(=N)N(C)c1ccc(Cl)cc1)C(=O)NC(C)(C)C.CN(C(=N)N(C)c1ccc(Cl)cc1)C(N)=O. The van der Waals surface area contributed by atoms with Crippen molar-refractivity contribution in [3.8, 4) is 0 Å². The zero-order valence-corrected chi connectivity index (χ0v) is 23.1. The van der Waals surface area contributed by atoms with E-state index in [2.05, 4.69) is 5.32 Å². The Bertz CT molecular complexity index is 1070. The molecule has 12 heteroatoms. The zero-order valence-electron chi connectivity index (χ0n) is 21.6. The molecular formula is C24H34Cl2N8O2. The van der Waals surface area contributed by atoms with Crippen LogP contribution in [0.15, 0.2) is 48.5 Å². The zero-order chi connectivity index (χ0) is 27.8. The molecule has 36 heavy (non-hydrogen) atoms. The van der Waals surface area contributed by atoms with Crippen molar-refractivity contribution >= 4 is 58.6 Å². The van der Waals surface area contributed by atoms with E-state index in [-0.39, 0.29) is 23.5 Å². The summed E-state index contributed by atoms with van der Waals surface area (Å²) in [5.41, 5.74) is 6.27. The lowest BCUT2D eigenvalue weighted by Gasteiger charge is -2.30. The van der Waals surface area contributed by atoms with E-state index >= 15 is 0 Å². The van der Waals surface area contributed by atoms with E-state index in [0.717, 1.165) is 16.3 Å². The van der Waals surface area contributed by atoms with Gasteiger partial charge in [0.15, 0.2) is 0 Å². The fraction of sp³-hybridized carbons (Fsp3) is 0.333. The minimum Gasteiger partial charge on any atom is -0.351 e. The molecule has 0 heterocycles. The average Bonchev–Trinajstić information content (AvgIpc) is 2.81. The molecule has 0 unspecified atom stereocenters. The lowest BCUT2D eigenvalue weighted by atomic mass is 10.1. The Hall–Kier alpha value is -3.50. The largest absolute Gasteiger partial charge is 0.351 e. The summed E-state index contributed by atoms with van der Waals surface area (Å²) in [7, 11) is 6.41. The van der Waals surface area contributed by atoms with Crippen LogP contribution in [-0.4, -0.2) is 67.5 Å². The third kappa shape index (κ3) is 9.27. The quantitative estimate of drug-likeness (QED) is 0.321. The summed E-state index contributed by atoms with van der Waals surface area (Å²) >= 11 is 11.6. The van der Waals surface area contributed by atoms with Crippen molar-refractivity contribution in [2.75, 3.05) is 38.0 Å². The number of hydrogen-bond acceptors (Lipinski definition) is 4. The number of primary amides is 1. The van der Waals surface area contributed by atoms with Gasteiger partial charge in [0.25, 0.3) is 0 Å². The molecule has 0 aliphatic carbocycles. The number of halogens is 2. The highest BCUT2D eigenvalue weighted by atomic mass is 35.5. The van der Waals surface area contributed by atoms with Gasteiger partial charge in [-0.15, -0.1) is 0 Å². The molecule has 0 aliphatic heterocycles. The minimum atomic E-state index is -0.675. The summed E-state index contributed by atoms with van der Waals surface area (Å²) in [6.07, 6.45) is 0. The predicted molar refractivity (Wildman–Crippen MR) is 149 cm³/mol. The molecule has 0 aliphatic rings. The molecule has 2 rings (SSSR count). The normalized spacial score (nSPS) is 10.4. The average molecular weight is 537 g/mol. The third-order valence-corrected chi connectivity index (χ3v) is 5.32. The first kappa shape index (κ1) is 30.5. The maximum atomic E-state index is 12.0. The summed E-state index contributed by atoms with van der Waals surface area (Å²) in [4.78, 5) is 28.4. The van der Waals surface area contributed by atoms with Gasteiger partial charge in [0.05, 0.1) is 0 Å². The summed E-state index contributed by atoms with van der Waals surface area (Å²) in [5.74, 6) is 0.0731. The number of carbonyl (C=O) groups excluding carboxylic acids is 2. The topological polar surface area (TPSA) is 133 Å².